The van der Waals surface area contributed by atoms with Crippen LogP contribution in [-0.4, -0.2) is 0 Å². The van der Waals surface area contributed by atoms with Gasteiger partial charge in [0.05, 0.1) is 11.1 Å². The van der Waals surface area contributed by atoms with E-state index in [2.05, 4.69) is 195 Å². The Morgan fingerprint density at radius 1 is 0.471 bits per heavy atom. The summed E-state index contributed by atoms with van der Waals surface area (Å²) in [5.41, 5.74) is 14.8. The van der Waals surface area contributed by atoms with Crippen LogP contribution in [0.2, 0.25) is 0 Å². The third-order valence-corrected chi connectivity index (χ3v) is 10.9. The van der Waals surface area contributed by atoms with Gasteiger partial charge in [-0.2, -0.15) is 0 Å². The monoisotopic (exact) mass is 653 g/mol. The van der Waals surface area contributed by atoms with Crippen LogP contribution < -0.4 is 4.90 Å². The van der Waals surface area contributed by atoms with Gasteiger partial charge >= 0.3 is 0 Å². The first-order valence-electron chi connectivity index (χ1n) is 17.7. The van der Waals surface area contributed by atoms with Crippen molar-refractivity contribution in [3.8, 4) is 33.4 Å². The highest BCUT2D eigenvalue weighted by molar-refractivity contribution is 6.19. The summed E-state index contributed by atoms with van der Waals surface area (Å²) in [5, 5.41) is 4.75. The highest BCUT2D eigenvalue weighted by Gasteiger charge is 2.39. The summed E-state index contributed by atoms with van der Waals surface area (Å²) in [6.07, 6.45) is 0. The fraction of sp³-hybridized carbons (Fsp3) is 0.0612. The number of fused-ring (bicyclic) bond motifs is 8. The van der Waals surface area contributed by atoms with Crippen LogP contribution in [0.5, 0.6) is 0 Å². The highest BCUT2D eigenvalue weighted by Crippen LogP contribution is 2.56. The number of para-hydroxylation sites is 1. The Bertz CT molecular complexity index is 2750. The molecule has 51 heavy (non-hydrogen) atoms. The van der Waals surface area contributed by atoms with Crippen molar-refractivity contribution in [3.63, 3.8) is 0 Å². The summed E-state index contributed by atoms with van der Waals surface area (Å²) in [6.45, 7) is 4.68. The van der Waals surface area contributed by atoms with Gasteiger partial charge in [0, 0.05) is 27.7 Å². The Hall–Kier alpha value is -6.38. The molecule has 0 unspecified atom stereocenters. The van der Waals surface area contributed by atoms with Gasteiger partial charge in [-0.1, -0.05) is 153 Å². The van der Waals surface area contributed by atoms with Gasteiger partial charge in [-0.3, -0.25) is 0 Å². The predicted octanol–water partition coefficient (Wildman–Crippen LogP) is 13.8. The molecule has 0 saturated heterocycles. The zero-order chi connectivity index (χ0) is 34.1. The first-order valence-corrected chi connectivity index (χ1v) is 17.7. The maximum atomic E-state index is 6.88. The van der Waals surface area contributed by atoms with E-state index in [0.717, 1.165) is 39.0 Å². The lowest BCUT2D eigenvalue weighted by atomic mass is 9.82. The van der Waals surface area contributed by atoms with E-state index in [9.17, 15) is 0 Å². The molecule has 0 aliphatic heterocycles. The van der Waals surface area contributed by atoms with Crippen molar-refractivity contribution in [1.29, 1.82) is 0 Å². The molecule has 8 aromatic carbocycles. The summed E-state index contributed by atoms with van der Waals surface area (Å²) in [7, 11) is 0. The van der Waals surface area contributed by atoms with E-state index in [1.165, 1.54) is 55.3 Å². The highest BCUT2D eigenvalue weighted by atomic mass is 16.3. The van der Waals surface area contributed by atoms with E-state index in [0.29, 0.717) is 0 Å². The number of anilines is 3. The van der Waals surface area contributed by atoms with Gasteiger partial charge in [0.2, 0.25) is 0 Å². The number of hydrogen-bond donors (Lipinski definition) is 0. The molecule has 1 heterocycles. The summed E-state index contributed by atoms with van der Waals surface area (Å²) in [6, 6.07) is 63.5. The second-order valence-electron chi connectivity index (χ2n) is 14.1. The molecule has 0 bridgehead atoms. The Labute approximate surface area is 297 Å². The molecule has 1 aromatic heterocycles. The molecule has 0 spiro atoms. The van der Waals surface area contributed by atoms with Crippen LogP contribution >= 0.6 is 0 Å². The lowest BCUT2D eigenvalue weighted by Gasteiger charge is -2.29. The Morgan fingerprint density at radius 2 is 1.06 bits per heavy atom. The van der Waals surface area contributed by atoms with Crippen LogP contribution in [0, 0.1) is 0 Å². The van der Waals surface area contributed by atoms with Crippen LogP contribution in [0.25, 0.3) is 66.1 Å². The van der Waals surface area contributed by atoms with Gasteiger partial charge in [0.25, 0.3) is 0 Å². The van der Waals surface area contributed by atoms with E-state index in [4.69, 9.17) is 4.42 Å². The molecule has 242 valence electrons. The maximum absolute atomic E-state index is 6.88. The van der Waals surface area contributed by atoms with Crippen LogP contribution in [0.4, 0.5) is 17.1 Å². The molecule has 10 rings (SSSR count). The molecule has 2 nitrogen and oxygen atoms in total. The van der Waals surface area contributed by atoms with Gasteiger partial charge < -0.3 is 9.32 Å². The van der Waals surface area contributed by atoms with Gasteiger partial charge in [-0.25, -0.2) is 0 Å². The molecule has 2 heteroatoms. The van der Waals surface area contributed by atoms with Crippen molar-refractivity contribution in [1.82, 2.24) is 0 Å². The van der Waals surface area contributed by atoms with E-state index in [1.54, 1.807) is 0 Å². The normalized spacial score (nSPS) is 13.1. The van der Waals surface area contributed by atoms with Crippen molar-refractivity contribution in [2.75, 3.05) is 4.90 Å². The second-order valence-corrected chi connectivity index (χ2v) is 14.1. The average Bonchev–Trinajstić information content (AvgIpc) is 3.68. The molecule has 1 aliphatic carbocycles. The number of nitrogens with zero attached hydrogens (tertiary/aromatic N) is 1. The Balaban J connectivity index is 1.23. The summed E-state index contributed by atoms with van der Waals surface area (Å²) in [4.78, 5) is 2.42. The van der Waals surface area contributed by atoms with Gasteiger partial charge in [-0.05, 0) is 86.1 Å². The quantitative estimate of drug-likeness (QED) is 0.184. The number of hydrogen-bond acceptors (Lipinski definition) is 2. The van der Waals surface area contributed by atoms with Gasteiger partial charge in [0.1, 0.15) is 11.2 Å². The third-order valence-electron chi connectivity index (χ3n) is 10.9. The van der Waals surface area contributed by atoms with Crippen molar-refractivity contribution in [2.24, 2.45) is 0 Å². The average molecular weight is 654 g/mol. The molecule has 1 aliphatic rings. The lowest BCUT2D eigenvalue weighted by Crippen LogP contribution is -2.17. The molecule has 0 N–H and O–H groups in total. The molecule has 0 amide bonds. The number of rotatable bonds is 5. The maximum Gasteiger partial charge on any atom is 0.145 e. The zero-order valence-electron chi connectivity index (χ0n) is 28.6. The summed E-state index contributed by atoms with van der Waals surface area (Å²) in [5.74, 6) is 0. The standard InChI is InChI=1S/C49H35NO/c1-49(2)42-21-10-8-18-40(42)46-43(49)31-44(47-41-19-9-11-22-45(41)51-48(46)47)50(36-27-23-33(24-28-36)32-13-4-3-5-14-32)37-29-25-35(26-30-37)39-20-12-16-34-15-6-7-17-38(34)39/h3-31H,1-2H3. The lowest BCUT2D eigenvalue weighted by molar-refractivity contribution is 0.653. The minimum atomic E-state index is -0.200. The van der Waals surface area contributed by atoms with Gasteiger partial charge in [0.15, 0.2) is 0 Å². The molecule has 0 atom stereocenters. The van der Waals surface area contributed by atoms with E-state index in [-0.39, 0.29) is 5.41 Å². The minimum absolute atomic E-state index is 0.200. The predicted molar refractivity (Wildman–Crippen MR) is 214 cm³/mol. The van der Waals surface area contributed by atoms with Crippen LogP contribution in [0.3, 0.4) is 0 Å². The molecular weight excluding hydrogens is 619 g/mol. The number of furan rings is 1. The van der Waals surface area contributed by atoms with Gasteiger partial charge in [-0.15, -0.1) is 0 Å². The van der Waals surface area contributed by atoms with Crippen molar-refractivity contribution >= 4 is 49.8 Å². The van der Waals surface area contributed by atoms with E-state index < -0.39 is 0 Å². The Morgan fingerprint density at radius 3 is 1.84 bits per heavy atom. The SMILES string of the molecule is CC1(C)c2ccccc2-c2c1cc(N(c1ccc(-c3ccccc3)cc1)c1ccc(-c3cccc4ccccc34)cc1)c1c2oc2ccccc21. The summed E-state index contributed by atoms with van der Waals surface area (Å²) < 4.78 is 6.88. The van der Waals surface area contributed by atoms with Crippen molar-refractivity contribution in [2.45, 2.75) is 19.3 Å². The van der Waals surface area contributed by atoms with E-state index in [1.807, 2.05) is 0 Å². The molecule has 0 fully saturated rings. The zero-order valence-corrected chi connectivity index (χ0v) is 28.6. The van der Waals surface area contributed by atoms with Crippen LogP contribution in [0.1, 0.15) is 25.0 Å². The van der Waals surface area contributed by atoms with Crippen LogP contribution in [0.15, 0.2) is 180 Å². The largest absolute Gasteiger partial charge is 0.455 e. The third kappa shape index (κ3) is 4.57. The first kappa shape index (κ1) is 29.5. The molecule has 9 aromatic rings. The Kier molecular flexibility index (Phi) is 6.56. The fourth-order valence-electron chi connectivity index (χ4n) is 8.34. The van der Waals surface area contributed by atoms with Crippen molar-refractivity contribution < 1.29 is 4.42 Å². The van der Waals surface area contributed by atoms with Crippen molar-refractivity contribution in [3.05, 3.63) is 187 Å². The van der Waals surface area contributed by atoms with Crippen LogP contribution in [-0.2, 0) is 5.41 Å². The first-order chi connectivity index (χ1) is 25.1. The molecule has 0 saturated carbocycles. The number of benzene rings is 8. The smallest absolute Gasteiger partial charge is 0.145 e. The fourth-order valence-corrected chi connectivity index (χ4v) is 8.34. The molecular formula is C49H35NO. The van der Waals surface area contributed by atoms with E-state index >= 15 is 0 Å². The summed E-state index contributed by atoms with van der Waals surface area (Å²) >= 11 is 0. The topological polar surface area (TPSA) is 16.4 Å². The minimum Gasteiger partial charge on any atom is -0.455 e. The molecule has 0 radical (unpaired) electrons. The second kappa shape index (κ2) is 11.3.